The van der Waals surface area contributed by atoms with Gasteiger partial charge in [0.2, 0.25) is 5.88 Å². The predicted molar refractivity (Wildman–Crippen MR) is 63.6 cm³/mol. The summed E-state index contributed by atoms with van der Waals surface area (Å²) in [6.07, 6.45) is -0.849. The van der Waals surface area contributed by atoms with Gasteiger partial charge in [-0.1, -0.05) is 13.8 Å². The second-order valence-electron chi connectivity index (χ2n) is 3.27. The summed E-state index contributed by atoms with van der Waals surface area (Å²) >= 11 is 0. The fraction of sp³-hybridized carbons (Fsp3) is 0.583. The Bertz CT molecular complexity index is 282. The molecule has 0 aliphatic carbocycles. The van der Waals surface area contributed by atoms with Crippen molar-refractivity contribution in [3.63, 3.8) is 0 Å². The zero-order chi connectivity index (χ0) is 12.6. The van der Waals surface area contributed by atoms with E-state index in [2.05, 4.69) is 4.98 Å². The molecule has 1 aromatic heterocycles. The van der Waals surface area contributed by atoms with Gasteiger partial charge in [0.1, 0.15) is 12.7 Å². The SMILES string of the molecule is CC.Cc1cc(C)nc(OCC(O)CO)c1. The number of hydrogen-bond acceptors (Lipinski definition) is 4. The van der Waals surface area contributed by atoms with Crippen LogP contribution < -0.4 is 4.74 Å². The summed E-state index contributed by atoms with van der Waals surface area (Å²) in [6, 6.07) is 3.73. The first-order chi connectivity index (χ1) is 7.61. The Kier molecular flexibility index (Phi) is 7.50. The third kappa shape index (κ3) is 5.68. The standard InChI is InChI=1S/C10H15NO3.C2H6/c1-7-3-8(2)11-10(4-7)14-6-9(13)5-12;1-2/h3-4,9,12-13H,5-6H2,1-2H3;1-2H3. The molecule has 0 bridgehead atoms. The Morgan fingerprint density at radius 1 is 1.31 bits per heavy atom. The van der Waals surface area contributed by atoms with Gasteiger partial charge < -0.3 is 14.9 Å². The smallest absolute Gasteiger partial charge is 0.213 e. The van der Waals surface area contributed by atoms with Crippen LogP contribution in [0.1, 0.15) is 25.1 Å². The van der Waals surface area contributed by atoms with Crippen LogP contribution in [-0.2, 0) is 0 Å². The quantitative estimate of drug-likeness (QED) is 0.817. The monoisotopic (exact) mass is 227 g/mol. The normalized spacial score (nSPS) is 11.4. The zero-order valence-corrected chi connectivity index (χ0v) is 10.4. The molecule has 1 aromatic rings. The lowest BCUT2D eigenvalue weighted by molar-refractivity contribution is 0.0520. The summed E-state index contributed by atoms with van der Waals surface area (Å²) in [5.41, 5.74) is 1.93. The van der Waals surface area contributed by atoms with Gasteiger partial charge in [-0.2, -0.15) is 0 Å². The molecular formula is C12H21NO3. The summed E-state index contributed by atoms with van der Waals surface area (Å²) in [4.78, 5) is 4.13. The molecule has 1 unspecified atom stereocenters. The molecule has 4 nitrogen and oxygen atoms in total. The highest BCUT2D eigenvalue weighted by atomic mass is 16.5. The minimum atomic E-state index is -0.849. The molecule has 0 spiro atoms. The van der Waals surface area contributed by atoms with Crippen LogP contribution >= 0.6 is 0 Å². The van der Waals surface area contributed by atoms with Crippen molar-refractivity contribution in [2.75, 3.05) is 13.2 Å². The number of hydrogen-bond donors (Lipinski definition) is 2. The molecule has 1 rings (SSSR count). The number of ether oxygens (including phenoxy) is 1. The number of pyridine rings is 1. The molecule has 4 heteroatoms. The number of aliphatic hydroxyl groups excluding tert-OH is 2. The van der Waals surface area contributed by atoms with Gasteiger partial charge in [0, 0.05) is 11.8 Å². The highest BCUT2D eigenvalue weighted by Crippen LogP contribution is 2.11. The van der Waals surface area contributed by atoms with E-state index in [1.54, 1.807) is 6.07 Å². The third-order valence-corrected chi connectivity index (χ3v) is 1.71. The Labute approximate surface area is 96.9 Å². The third-order valence-electron chi connectivity index (χ3n) is 1.71. The molecule has 0 aromatic carbocycles. The maximum absolute atomic E-state index is 9.06. The number of rotatable bonds is 4. The minimum Gasteiger partial charge on any atom is -0.475 e. The first kappa shape index (κ1) is 14.9. The predicted octanol–water partition coefficient (Wildman–Crippen LogP) is 1.46. The van der Waals surface area contributed by atoms with Crippen molar-refractivity contribution >= 4 is 0 Å². The van der Waals surface area contributed by atoms with E-state index in [1.807, 2.05) is 33.8 Å². The fourth-order valence-corrected chi connectivity index (χ4v) is 1.11. The first-order valence-corrected chi connectivity index (χ1v) is 5.49. The van der Waals surface area contributed by atoms with Gasteiger partial charge in [0.15, 0.2) is 0 Å². The average Bonchev–Trinajstić information content (AvgIpc) is 2.27. The second-order valence-corrected chi connectivity index (χ2v) is 3.27. The van der Waals surface area contributed by atoms with E-state index in [1.165, 1.54) is 0 Å². The largest absolute Gasteiger partial charge is 0.475 e. The molecule has 0 amide bonds. The van der Waals surface area contributed by atoms with Gasteiger partial charge >= 0.3 is 0 Å². The molecule has 16 heavy (non-hydrogen) atoms. The van der Waals surface area contributed by atoms with Crippen LogP contribution in [0.2, 0.25) is 0 Å². The van der Waals surface area contributed by atoms with Gasteiger partial charge in [-0.25, -0.2) is 4.98 Å². The molecule has 0 radical (unpaired) electrons. The highest BCUT2D eigenvalue weighted by Gasteiger charge is 2.04. The van der Waals surface area contributed by atoms with Crippen molar-refractivity contribution in [3.05, 3.63) is 23.4 Å². The maximum atomic E-state index is 9.06. The second kappa shape index (κ2) is 8.07. The lowest BCUT2D eigenvalue weighted by Crippen LogP contribution is -2.21. The van der Waals surface area contributed by atoms with Crippen LogP contribution in [0.3, 0.4) is 0 Å². The number of aromatic nitrogens is 1. The van der Waals surface area contributed by atoms with Crippen molar-refractivity contribution in [2.24, 2.45) is 0 Å². The molecule has 0 aliphatic heterocycles. The lowest BCUT2D eigenvalue weighted by atomic mass is 10.2. The van der Waals surface area contributed by atoms with E-state index in [0.29, 0.717) is 5.88 Å². The van der Waals surface area contributed by atoms with Crippen LogP contribution in [0.25, 0.3) is 0 Å². The van der Waals surface area contributed by atoms with Gasteiger partial charge in [0.05, 0.1) is 6.61 Å². The highest BCUT2D eigenvalue weighted by molar-refractivity contribution is 5.23. The summed E-state index contributed by atoms with van der Waals surface area (Å²) in [7, 11) is 0. The molecule has 2 N–H and O–H groups in total. The van der Waals surface area contributed by atoms with Crippen LogP contribution in [-0.4, -0.2) is 34.5 Å². The Balaban J connectivity index is 0.00000106. The van der Waals surface area contributed by atoms with Crippen LogP contribution in [0.15, 0.2) is 12.1 Å². The summed E-state index contributed by atoms with van der Waals surface area (Å²) in [5, 5.41) is 17.6. The van der Waals surface area contributed by atoms with Gasteiger partial charge in [-0.3, -0.25) is 0 Å². The first-order valence-electron chi connectivity index (χ1n) is 5.49. The number of aryl methyl sites for hydroxylation is 2. The van der Waals surface area contributed by atoms with Crippen molar-refractivity contribution in [3.8, 4) is 5.88 Å². The van der Waals surface area contributed by atoms with Crippen molar-refractivity contribution in [2.45, 2.75) is 33.8 Å². The van der Waals surface area contributed by atoms with E-state index in [9.17, 15) is 0 Å². The van der Waals surface area contributed by atoms with Gasteiger partial charge in [0.25, 0.3) is 0 Å². The molecule has 92 valence electrons. The average molecular weight is 227 g/mol. The number of nitrogens with zero attached hydrogens (tertiary/aromatic N) is 1. The van der Waals surface area contributed by atoms with E-state index in [0.717, 1.165) is 11.3 Å². The Hall–Kier alpha value is -1.13. The van der Waals surface area contributed by atoms with Crippen molar-refractivity contribution in [1.29, 1.82) is 0 Å². The molecule has 0 saturated heterocycles. The Morgan fingerprint density at radius 2 is 1.94 bits per heavy atom. The number of aliphatic hydroxyl groups is 2. The topological polar surface area (TPSA) is 62.6 Å². The minimum absolute atomic E-state index is 0.0619. The van der Waals surface area contributed by atoms with E-state index in [-0.39, 0.29) is 13.2 Å². The van der Waals surface area contributed by atoms with Crippen molar-refractivity contribution < 1.29 is 14.9 Å². The molecule has 1 heterocycles. The Morgan fingerprint density at radius 3 is 2.44 bits per heavy atom. The van der Waals surface area contributed by atoms with Gasteiger partial charge in [-0.05, 0) is 25.5 Å². The summed E-state index contributed by atoms with van der Waals surface area (Å²) in [6.45, 7) is 7.59. The van der Waals surface area contributed by atoms with E-state index < -0.39 is 6.10 Å². The molecule has 0 aliphatic rings. The summed E-state index contributed by atoms with van der Waals surface area (Å²) in [5.74, 6) is 0.481. The molecule has 1 atom stereocenters. The molecule has 0 fully saturated rings. The summed E-state index contributed by atoms with van der Waals surface area (Å²) < 4.78 is 5.20. The zero-order valence-electron chi connectivity index (χ0n) is 10.4. The van der Waals surface area contributed by atoms with Crippen LogP contribution in [0.4, 0.5) is 0 Å². The lowest BCUT2D eigenvalue weighted by Gasteiger charge is -2.09. The van der Waals surface area contributed by atoms with E-state index >= 15 is 0 Å². The molecular weight excluding hydrogens is 206 g/mol. The van der Waals surface area contributed by atoms with Gasteiger partial charge in [-0.15, -0.1) is 0 Å². The van der Waals surface area contributed by atoms with E-state index in [4.69, 9.17) is 14.9 Å². The molecule has 0 saturated carbocycles. The van der Waals surface area contributed by atoms with Crippen molar-refractivity contribution in [1.82, 2.24) is 4.98 Å². The maximum Gasteiger partial charge on any atom is 0.213 e. The fourth-order valence-electron chi connectivity index (χ4n) is 1.11. The van der Waals surface area contributed by atoms with Crippen LogP contribution in [0, 0.1) is 13.8 Å². The van der Waals surface area contributed by atoms with Crippen LogP contribution in [0.5, 0.6) is 5.88 Å².